The third-order valence-corrected chi connectivity index (χ3v) is 6.15. The Labute approximate surface area is 167 Å². The normalized spacial score (nSPS) is 14.1. The molecule has 0 saturated carbocycles. The quantitative estimate of drug-likeness (QED) is 0.685. The summed E-state index contributed by atoms with van der Waals surface area (Å²) in [6, 6.07) is 10.9. The molecule has 0 spiro atoms. The highest BCUT2D eigenvalue weighted by molar-refractivity contribution is 7.90. The number of hydrogen-bond acceptors (Lipinski definition) is 5. The van der Waals surface area contributed by atoms with Crippen molar-refractivity contribution in [1.82, 2.24) is 15.0 Å². The number of hydrogen-bond donors (Lipinski definition) is 2. The predicted molar refractivity (Wildman–Crippen MR) is 108 cm³/mol. The molecule has 0 aliphatic carbocycles. The van der Waals surface area contributed by atoms with Crippen LogP contribution < -0.4 is 14.9 Å². The molecule has 0 unspecified atom stereocenters. The summed E-state index contributed by atoms with van der Waals surface area (Å²) in [5.41, 5.74) is 1.57. The van der Waals surface area contributed by atoms with Crippen molar-refractivity contribution in [2.75, 3.05) is 18.0 Å². The number of fused-ring (bicyclic) bond motifs is 1. The van der Waals surface area contributed by atoms with Crippen molar-refractivity contribution in [3.8, 4) is 0 Å². The first-order valence-corrected chi connectivity index (χ1v) is 10.4. The molecule has 1 aliphatic heterocycles. The average Bonchev–Trinajstić information content (AvgIpc) is 3.12. The zero-order valence-corrected chi connectivity index (χ0v) is 16.4. The van der Waals surface area contributed by atoms with Gasteiger partial charge in [0.25, 0.3) is 15.9 Å². The van der Waals surface area contributed by atoms with Crippen molar-refractivity contribution < 1.29 is 18.0 Å². The number of aryl methyl sites for hydroxylation is 1. The van der Waals surface area contributed by atoms with Gasteiger partial charge in [0.05, 0.1) is 4.90 Å². The van der Waals surface area contributed by atoms with Crippen LogP contribution in [-0.4, -0.2) is 38.4 Å². The van der Waals surface area contributed by atoms with Gasteiger partial charge < -0.3 is 5.32 Å². The number of nitrogens with zero attached hydrogens (tertiary/aromatic N) is 2. The van der Waals surface area contributed by atoms with Crippen LogP contribution in [0.1, 0.15) is 15.9 Å². The Morgan fingerprint density at radius 2 is 2.03 bits per heavy atom. The molecule has 2 N–H and O–H groups in total. The molecule has 0 radical (unpaired) electrons. The summed E-state index contributed by atoms with van der Waals surface area (Å²) in [5, 5.41) is 3.86. The van der Waals surface area contributed by atoms with Crippen molar-refractivity contribution in [2.24, 2.45) is 0 Å². The van der Waals surface area contributed by atoms with Gasteiger partial charge >= 0.3 is 6.03 Å². The standard InChI is InChI=1S/C20H18N4O4S/c1-13-11-14(5-6-17(13)24-10-9-22-20(24)26)19(25)23-29(27,28)18-4-2-3-15-12-21-8-7-16(15)18/h2-8,11-12H,9-10H2,1H3,(H,22,26)(H,23,25). The summed E-state index contributed by atoms with van der Waals surface area (Å²) in [5.74, 6) is -0.739. The van der Waals surface area contributed by atoms with Crippen LogP contribution in [0.4, 0.5) is 10.5 Å². The third kappa shape index (κ3) is 3.52. The number of pyridine rings is 1. The predicted octanol–water partition coefficient (Wildman–Crippen LogP) is 2.19. The molecule has 0 bridgehead atoms. The van der Waals surface area contributed by atoms with E-state index in [-0.39, 0.29) is 16.5 Å². The van der Waals surface area contributed by atoms with Crippen LogP contribution >= 0.6 is 0 Å². The molecule has 1 aromatic heterocycles. The van der Waals surface area contributed by atoms with E-state index in [9.17, 15) is 18.0 Å². The van der Waals surface area contributed by atoms with Gasteiger partial charge in [0.15, 0.2) is 0 Å². The van der Waals surface area contributed by atoms with Gasteiger partial charge in [-0.05, 0) is 42.8 Å². The summed E-state index contributed by atoms with van der Waals surface area (Å²) in [6.45, 7) is 2.86. The number of carbonyl (C=O) groups is 2. The maximum absolute atomic E-state index is 12.8. The molecule has 9 heteroatoms. The number of urea groups is 1. The number of benzene rings is 2. The molecule has 3 aromatic rings. The van der Waals surface area contributed by atoms with E-state index in [1.165, 1.54) is 18.3 Å². The lowest BCUT2D eigenvalue weighted by molar-refractivity contribution is 0.0981. The molecule has 1 fully saturated rings. The fourth-order valence-corrected chi connectivity index (χ4v) is 4.57. The zero-order chi connectivity index (χ0) is 20.6. The number of anilines is 1. The molecular weight excluding hydrogens is 392 g/mol. The zero-order valence-electron chi connectivity index (χ0n) is 15.5. The number of aromatic nitrogens is 1. The SMILES string of the molecule is Cc1cc(C(=O)NS(=O)(=O)c2cccc3cnccc23)ccc1N1CCNC1=O. The van der Waals surface area contributed by atoms with Crippen LogP contribution in [0.2, 0.25) is 0 Å². The van der Waals surface area contributed by atoms with Crippen LogP contribution in [0, 0.1) is 6.92 Å². The fourth-order valence-electron chi connectivity index (χ4n) is 3.36. The lowest BCUT2D eigenvalue weighted by Gasteiger charge is -2.17. The number of nitrogens with one attached hydrogen (secondary N) is 2. The molecular formula is C20H18N4O4S. The second-order valence-electron chi connectivity index (χ2n) is 6.67. The second-order valence-corrected chi connectivity index (χ2v) is 8.32. The van der Waals surface area contributed by atoms with E-state index >= 15 is 0 Å². The van der Waals surface area contributed by atoms with E-state index in [4.69, 9.17) is 0 Å². The molecule has 8 nitrogen and oxygen atoms in total. The van der Waals surface area contributed by atoms with Crippen LogP contribution in [0.5, 0.6) is 0 Å². The van der Waals surface area contributed by atoms with Gasteiger partial charge in [0.1, 0.15) is 0 Å². The Hall–Kier alpha value is -3.46. The molecule has 4 rings (SSSR count). The van der Waals surface area contributed by atoms with Crippen LogP contribution in [0.15, 0.2) is 59.8 Å². The highest BCUT2D eigenvalue weighted by Gasteiger charge is 2.24. The molecule has 1 aliphatic rings. The van der Waals surface area contributed by atoms with Crippen molar-refractivity contribution in [3.63, 3.8) is 0 Å². The largest absolute Gasteiger partial charge is 0.336 e. The molecule has 0 atom stereocenters. The molecule has 3 amide bonds. The van der Waals surface area contributed by atoms with Crippen molar-refractivity contribution >= 4 is 38.4 Å². The number of rotatable bonds is 4. The summed E-state index contributed by atoms with van der Waals surface area (Å²) < 4.78 is 27.8. The second kappa shape index (κ2) is 7.17. The molecule has 29 heavy (non-hydrogen) atoms. The van der Waals surface area contributed by atoms with E-state index in [0.717, 1.165) is 0 Å². The van der Waals surface area contributed by atoms with Gasteiger partial charge in [-0.15, -0.1) is 0 Å². The summed E-state index contributed by atoms with van der Waals surface area (Å²) in [6.07, 6.45) is 3.06. The smallest absolute Gasteiger partial charge is 0.322 e. The molecule has 2 aromatic carbocycles. The Kier molecular flexibility index (Phi) is 4.67. The first kappa shape index (κ1) is 18.9. The Balaban J connectivity index is 1.62. The van der Waals surface area contributed by atoms with Crippen molar-refractivity contribution in [1.29, 1.82) is 0 Å². The summed E-state index contributed by atoms with van der Waals surface area (Å²) in [7, 11) is -4.08. The number of carbonyl (C=O) groups excluding carboxylic acids is 2. The van der Waals surface area contributed by atoms with E-state index in [1.807, 2.05) is 0 Å². The number of amides is 3. The van der Waals surface area contributed by atoms with Gasteiger partial charge in [-0.2, -0.15) is 0 Å². The lowest BCUT2D eigenvalue weighted by Crippen LogP contribution is -2.31. The molecule has 148 valence electrons. The fraction of sp³-hybridized carbons (Fsp3) is 0.150. The van der Waals surface area contributed by atoms with Crippen molar-refractivity contribution in [3.05, 3.63) is 66.0 Å². The monoisotopic (exact) mass is 410 g/mol. The van der Waals surface area contributed by atoms with E-state index in [1.54, 1.807) is 48.4 Å². The maximum Gasteiger partial charge on any atom is 0.322 e. The number of sulfonamides is 1. The van der Waals surface area contributed by atoms with E-state index in [0.29, 0.717) is 35.1 Å². The average molecular weight is 410 g/mol. The minimum absolute atomic E-state index is 0.00725. The Bertz CT molecular complexity index is 1230. The summed E-state index contributed by atoms with van der Waals surface area (Å²) >= 11 is 0. The Morgan fingerprint density at radius 1 is 1.21 bits per heavy atom. The Morgan fingerprint density at radius 3 is 2.76 bits per heavy atom. The van der Waals surface area contributed by atoms with Crippen LogP contribution in [-0.2, 0) is 10.0 Å². The first-order valence-electron chi connectivity index (χ1n) is 8.93. The third-order valence-electron chi connectivity index (χ3n) is 4.76. The topological polar surface area (TPSA) is 108 Å². The van der Waals surface area contributed by atoms with Gasteiger partial charge in [-0.25, -0.2) is 17.9 Å². The van der Waals surface area contributed by atoms with Crippen LogP contribution in [0.25, 0.3) is 10.8 Å². The van der Waals surface area contributed by atoms with Gasteiger partial charge in [0, 0.05) is 47.5 Å². The molecule has 1 saturated heterocycles. The van der Waals surface area contributed by atoms with E-state index in [2.05, 4.69) is 15.0 Å². The molecule has 2 heterocycles. The highest BCUT2D eigenvalue weighted by Crippen LogP contribution is 2.24. The summed E-state index contributed by atoms with van der Waals surface area (Å²) in [4.78, 5) is 30.0. The highest BCUT2D eigenvalue weighted by atomic mass is 32.2. The van der Waals surface area contributed by atoms with Crippen molar-refractivity contribution in [2.45, 2.75) is 11.8 Å². The van der Waals surface area contributed by atoms with Gasteiger partial charge in [-0.1, -0.05) is 12.1 Å². The maximum atomic E-state index is 12.8. The van der Waals surface area contributed by atoms with Gasteiger partial charge in [-0.3, -0.25) is 14.7 Å². The van der Waals surface area contributed by atoms with Gasteiger partial charge in [0.2, 0.25) is 0 Å². The first-order chi connectivity index (χ1) is 13.9. The minimum Gasteiger partial charge on any atom is -0.336 e. The van der Waals surface area contributed by atoms with E-state index < -0.39 is 15.9 Å². The van der Waals surface area contributed by atoms with Crippen LogP contribution in [0.3, 0.4) is 0 Å². The minimum atomic E-state index is -4.08. The lowest BCUT2D eigenvalue weighted by atomic mass is 10.1.